The molecule has 0 radical (unpaired) electrons. The Balaban J connectivity index is 2.18. The Morgan fingerprint density at radius 3 is 2.48 bits per heavy atom. The summed E-state index contributed by atoms with van der Waals surface area (Å²) in [6.07, 6.45) is 6.80. The molecule has 0 aliphatic heterocycles. The molecule has 2 aromatic carbocycles. The zero-order chi connectivity index (χ0) is 15.8. The predicted octanol–water partition coefficient (Wildman–Crippen LogP) is 5.18. The normalized spacial score (nSPS) is 11.0. The molecule has 0 spiro atoms. The fourth-order valence-electron chi connectivity index (χ4n) is 3.01. The van der Waals surface area contributed by atoms with Gasteiger partial charge >= 0.3 is 0 Å². The van der Waals surface area contributed by atoms with Gasteiger partial charge in [0.15, 0.2) is 0 Å². The number of fused-ring (bicyclic) bond motifs is 1. The molecule has 0 fully saturated rings. The Kier molecular flexibility index (Phi) is 3.12. The van der Waals surface area contributed by atoms with Crippen molar-refractivity contribution in [3.63, 3.8) is 0 Å². The Hall–Kier alpha value is -3.07. The summed E-state index contributed by atoms with van der Waals surface area (Å²) < 4.78 is 5.23. The molecule has 4 rings (SSSR count). The summed E-state index contributed by atoms with van der Waals surface area (Å²) in [5.74, 6) is 0.245. The van der Waals surface area contributed by atoms with Gasteiger partial charge in [0, 0.05) is 29.1 Å². The summed E-state index contributed by atoms with van der Waals surface area (Å²) in [6.45, 7) is 2.07. The van der Waals surface area contributed by atoms with E-state index in [2.05, 4.69) is 24.0 Å². The predicted molar refractivity (Wildman–Crippen MR) is 91.3 cm³/mol. The standard InChI is InChI=1S/C20H15NO2/c1-13-2-3-15-11-18(22)20(16-6-9-23-12-16)19(17(15)10-13)14-4-7-21-8-5-14/h2-12,22H,1H3. The maximum absolute atomic E-state index is 10.6. The molecule has 3 nitrogen and oxygen atoms in total. The minimum atomic E-state index is 0.245. The van der Waals surface area contributed by atoms with E-state index in [0.29, 0.717) is 0 Å². The van der Waals surface area contributed by atoms with Gasteiger partial charge in [-0.3, -0.25) is 4.98 Å². The molecule has 23 heavy (non-hydrogen) atoms. The molecule has 2 aromatic heterocycles. The van der Waals surface area contributed by atoms with Gasteiger partial charge in [-0.05, 0) is 47.5 Å². The molecular formula is C20H15NO2. The molecule has 0 bridgehead atoms. The van der Waals surface area contributed by atoms with E-state index in [1.807, 2.05) is 30.3 Å². The van der Waals surface area contributed by atoms with Crippen molar-refractivity contribution in [1.82, 2.24) is 4.98 Å². The van der Waals surface area contributed by atoms with Crippen molar-refractivity contribution in [1.29, 1.82) is 0 Å². The second-order valence-electron chi connectivity index (χ2n) is 5.62. The SMILES string of the molecule is Cc1ccc2cc(O)c(-c3ccoc3)c(-c3ccncc3)c2c1. The average Bonchev–Trinajstić information content (AvgIpc) is 3.09. The Labute approximate surface area is 133 Å². The van der Waals surface area contributed by atoms with E-state index in [-0.39, 0.29) is 5.75 Å². The van der Waals surface area contributed by atoms with Crippen molar-refractivity contribution in [3.8, 4) is 28.0 Å². The molecule has 1 N–H and O–H groups in total. The summed E-state index contributed by atoms with van der Waals surface area (Å²) in [4.78, 5) is 4.10. The molecule has 0 aliphatic rings. The molecule has 0 unspecified atom stereocenters. The Bertz CT molecular complexity index is 974. The van der Waals surface area contributed by atoms with E-state index in [4.69, 9.17) is 4.42 Å². The molecule has 3 heteroatoms. The van der Waals surface area contributed by atoms with Crippen molar-refractivity contribution < 1.29 is 9.52 Å². The van der Waals surface area contributed by atoms with Crippen LogP contribution in [0.5, 0.6) is 5.75 Å². The Morgan fingerprint density at radius 2 is 1.74 bits per heavy atom. The molecule has 2 heterocycles. The van der Waals surface area contributed by atoms with Gasteiger partial charge in [0.1, 0.15) is 5.75 Å². The highest BCUT2D eigenvalue weighted by Gasteiger charge is 2.17. The number of aryl methyl sites for hydroxylation is 1. The van der Waals surface area contributed by atoms with Crippen molar-refractivity contribution in [2.45, 2.75) is 6.92 Å². The number of phenols is 1. The zero-order valence-electron chi connectivity index (χ0n) is 12.7. The van der Waals surface area contributed by atoms with Crippen LogP contribution >= 0.6 is 0 Å². The molecule has 0 amide bonds. The summed E-state index contributed by atoms with van der Waals surface area (Å²) >= 11 is 0. The van der Waals surface area contributed by atoms with Crippen LogP contribution in [-0.4, -0.2) is 10.1 Å². The van der Waals surface area contributed by atoms with E-state index in [1.54, 1.807) is 24.9 Å². The minimum absolute atomic E-state index is 0.245. The number of nitrogens with zero attached hydrogens (tertiary/aromatic N) is 1. The van der Waals surface area contributed by atoms with Crippen LogP contribution in [0.2, 0.25) is 0 Å². The monoisotopic (exact) mass is 301 g/mol. The third-order valence-corrected chi connectivity index (χ3v) is 4.06. The van der Waals surface area contributed by atoms with Crippen LogP contribution < -0.4 is 0 Å². The molecule has 0 atom stereocenters. The molecule has 4 aromatic rings. The lowest BCUT2D eigenvalue weighted by atomic mass is 9.89. The van der Waals surface area contributed by atoms with Crippen molar-refractivity contribution in [2.75, 3.05) is 0 Å². The quantitative estimate of drug-likeness (QED) is 0.555. The Morgan fingerprint density at radius 1 is 0.913 bits per heavy atom. The van der Waals surface area contributed by atoms with Crippen molar-refractivity contribution in [2.24, 2.45) is 0 Å². The number of pyridine rings is 1. The van der Waals surface area contributed by atoms with E-state index < -0.39 is 0 Å². The summed E-state index contributed by atoms with van der Waals surface area (Å²) in [5.41, 5.74) is 4.83. The smallest absolute Gasteiger partial charge is 0.124 e. The van der Waals surface area contributed by atoms with Crippen molar-refractivity contribution >= 4 is 10.8 Å². The van der Waals surface area contributed by atoms with Crippen LogP contribution in [0.15, 0.2) is 71.8 Å². The topological polar surface area (TPSA) is 46.3 Å². The second-order valence-corrected chi connectivity index (χ2v) is 5.62. The summed E-state index contributed by atoms with van der Waals surface area (Å²) in [7, 11) is 0. The largest absolute Gasteiger partial charge is 0.507 e. The maximum atomic E-state index is 10.6. The van der Waals surface area contributed by atoms with Crippen LogP contribution in [0, 0.1) is 6.92 Å². The van der Waals surface area contributed by atoms with Gasteiger partial charge < -0.3 is 9.52 Å². The first-order valence-electron chi connectivity index (χ1n) is 7.43. The lowest BCUT2D eigenvalue weighted by Gasteiger charge is -2.15. The van der Waals surface area contributed by atoms with Crippen LogP contribution in [-0.2, 0) is 0 Å². The second kappa shape index (κ2) is 5.29. The summed E-state index contributed by atoms with van der Waals surface area (Å²) in [5, 5.41) is 12.7. The zero-order valence-corrected chi connectivity index (χ0v) is 12.7. The van der Waals surface area contributed by atoms with E-state index in [9.17, 15) is 5.11 Å². The van der Waals surface area contributed by atoms with Gasteiger partial charge in [0.25, 0.3) is 0 Å². The third-order valence-electron chi connectivity index (χ3n) is 4.06. The van der Waals surface area contributed by atoms with Crippen molar-refractivity contribution in [3.05, 3.63) is 72.9 Å². The van der Waals surface area contributed by atoms with Crippen LogP contribution in [0.25, 0.3) is 33.0 Å². The maximum Gasteiger partial charge on any atom is 0.124 e. The van der Waals surface area contributed by atoms with Gasteiger partial charge in [0.05, 0.1) is 12.5 Å². The van der Waals surface area contributed by atoms with Crippen LogP contribution in [0.1, 0.15) is 5.56 Å². The first-order valence-corrected chi connectivity index (χ1v) is 7.43. The van der Waals surface area contributed by atoms with Gasteiger partial charge in [-0.25, -0.2) is 0 Å². The molecule has 0 saturated carbocycles. The number of benzene rings is 2. The number of aromatic nitrogens is 1. The number of furan rings is 1. The van der Waals surface area contributed by atoms with Gasteiger partial charge in [-0.2, -0.15) is 0 Å². The number of phenolic OH excluding ortho intramolecular Hbond substituents is 1. The van der Waals surface area contributed by atoms with E-state index >= 15 is 0 Å². The highest BCUT2D eigenvalue weighted by molar-refractivity contribution is 6.06. The molecule has 0 aliphatic carbocycles. The van der Waals surface area contributed by atoms with Gasteiger partial charge in [-0.1, -0.05) is 23.8 Å². The van der Waals surface area contributed by atoms with Gasteiger partial charge in [0.2, 0.25) is 0 Å². The molecular weight excluding hydrogens is 286 g/mol. The fraction of sp³-hybridized carbons (Fsp3) is 0.0500. The lowest BCUT2D eigenvalue weighted by molar-refractivity contribution is 0.478. The van der Waals surface area contributed by atoms with Crippen LogP contribution in [0.4, 0.5) is 0 Å². The number of hydrogen-bond acceptors (Lipinski definition) is 3. The number of aromatic hydroxyl groups is 1. The fourth-order valence-corrected chi connectivity index (χ4v) is 3.01. The minimum Gasteiger partial charge on any atom is -0.507 e. The van der Waals surface area contributed by atoms with Gasteiger partial charge in [-0.15, -0.1) is 0 Å². The third kappa shape index (κ3) is 2.27. The lowest BCUT2D eigenvalue weighted by Crippen LogP contribution is -1.89. The van der Waals surface area contributed by atoms with E-state index in [0.717, 1.165) is 33.0 Å². The highest BCUT2D eigenvalue weighted by atomic mass is 16.3. The van der Waals surface area contributed by atoms with Crippen LogP contribution in [0.3, 0.4) is 0 Å². The summed E-state index contributed by atoms with van der Waals surface area (Å²) in [6, 6.07) is 13.8. The molecule has 0 saturated heterocycles. The molecule has 112 valence electrons. The highest BCUT2D eigenvalue weighted by Crippen LogP contribution is 2.44. The number of hydrogen-bond donors (Lipinski definition) is 1. The first kappa shape index (κ1) is 13.6. The average molecular weight is 301 g/mol. The van der Waals surface area contributed by atoms with E-state index in [1.165, 1.54) is 5.56 Å². The first-order chi connectivity index (χ1) is 11.2. The number of rotatable bonds is 2.